The van der Waals surface area contributed by atoms with E-state index in [-0.39, 0.29) is 5.56 Å². The molecule has 1 atom stereocenters. The van der Waals surface area contributed by atoms with Crippen LogP contribution in [0.25, 0.3) is 10.8 Å². The SMILES string of the molecule is COc1ccc(Cl)cc1NC(=O)C(C)n1ncc2ccccc2c1=O. The lowest BCUT2D eigenvalue weighted by Crippen LogP contribution is -2.33. The lowest BCUT2D eigenvalue weighted by Gasteiger charge is -2.16. The van der Waals surface area contributed by atoms with Crippen molar-refractivity contribution < 1.29 is 9.53 Å². The summed E-state index contributed by atoms with van der Waals surface area (Å²) in [7, 11) is 1.50. The van der Waals surface area contributed by atoms with E-state index < -0.39 is 11.9 Å². The molecule has 1 unspecified atom stereocenters. The normalized spacial score (nSPS) is 12.0. The summed E-state index contributed by atoms with van der Waals surface area (Å²) in [5, 5.41) is 8.55. The molecule has 2 aromatic carbocycles. The minimum atomic E-state index is -0.805. The van der Waals surface area contributed by atoms with Gasteiger partial charge < -0.3 is 10.1 Å². The van der Waals surface area contributed by atoms with Crippen LogP contribution < -0.4 is 15.6 Å². The second kappa shape index (κ2) is 6.94. The van der Waals surface area contributed by atoms with Gasteiger partial charge in [0.05, 0.1) is 24.4 Å². The van der Waals surface area contributed by atoms with Gasteiger partial charge in [-0.3, -0.25) is 9.59 Å². The molecule has 0 bridgehead atoms. The van der Waals surface area contributed by atoms with E-state index in [0.717, 1.165) is 10.1 Å². The Hall–Kier alpha value is -2.86. The first-order chi connectivity index (χ1) is 12.0. The highest BCUT2D eigenvalue weighted by Crippen LogP contribution is 2.28. The minimum absolute atomic E-state index is 0.321. The summed E-state index contributed by atoms with van der Waals surface area (Å²) in [6.07, 6.45) is 1.57. The van der Waals surface area contributed by atoms with Crippen molar-refractivity contribution in [2.24, 2.45) is 0 Å². The third-order valence-electron chi connectivity index (χ3n) is 3.89. The molecular formula is C18H16ClN3O3. The number of hydrogen-bond acceptors (Lipinski definition) is 4. The molecule has 0 aliphatic carbocycles. The molecule has 1 heterocycles. The number of carbonyl (C=O) groups excluding carboxylic acids is 1. The Kier molecular flexibility index (Phi) is 4.72. The minimum Gasteiger partial charge on any atom is -0.495 e. The van der Waals surface area contributed by atoms with Gasteiger partial charge in [-0.2, -0.15) is 5.10 Å². The van der Waals surface area contributed by atoms with Crippen LogP contribution in [0, 0.1) is 0 Å². The smallest absolute Gasteiger partial charge is 0.275 e. The Morgan fingerprint density at radius 2 is 2.04 bits per heavy atom. The van der Waals surface area contributed by atoms with Crippen LogP contribution >= 0.6 is 11.6 Å². The van der Waals surface area contributed by atoms with Gasteiger partial charge in [-0.15, -0.1) is 0 Å². The monoisotopic (exact) mass is 357 g/mol. The van der Waals surface area contributed by atoms with E-state index >= 15 is 0 Å². The molecule has 1 aromatic heterocycles. The zero-order valence-electron chi connectivity index (χ0n) is 13.7. The van der Waals surface area contributed by atoms with Gasteiger partial charge in [0.15, 0.2) is 0 Å². The summed E-state index contributed by atoms with van der Waals surface area (Å²) in [5.74, 6) is 0.0780. The fourth-order valence-corrected chi connectivity index (χ4v) is 2.68. The fraction of sp³-hybridized carbons (Fsp3) is 0.167. The number of nitrogens with zero attached hydrogens (tertiary/aromatic N) is 2. The predicted octanol–water partition coefficient (Wildman–Crippen LogP) is 3.26. The third kappa shape index (κ3) is 3.34. The highest BCUT2D eigenvalue weighted by molar-refractivity contribution is 6.31. The van der Waals surface area contributed by atoms with Crippen molar-refractivity contribution >= 4 is 34.0 Å². The van der Waals surface area contributed by atoms with Gasteiger partial charge in [0.1, 0.15) is 11.8 Å². The first kappa shape index (κ1) is 17.0. The number of hydrogen-bond donors (Lipinski definition) is 1. The molecule has 0 saturated carbocycles. The van der Waals surface area contributed by atoms with Gasteiger partial charge in [0, 0.05) is 10.4 Å². The lowest BCUT2D eigenvalue weighted by atomic mass is 10.2. The Morgan fingerprint density at radius 1 is 1.28 bits per heavy atom. The van der Waals surface area contributed by atoms with Crippen molar-refractivity contribution in [2.75, 3.05) is 12.4 Å². The van der Waals surface area contributed by atoms with Gasteiger partial charge in [0.25, 0.3) is 5.56 Å². The summed E-state index contributed by atoms with van der Waals surface area (Å²) in [6, 6.07) is 11.2. The van der Waals surface area contributed by atoms with Gasteiger partial charge in [-0.1, -0.05) is 29.8 Å². The van der Waals surface area contributed by atoms with Crippen molar-refractivity contribution in [1.29, 1.82) is 0 Å². The molecule has 0 saturated heterocycles. The second-order valence-corrected chi connectivity index (χ2v) is 5.93. The number of halogens is 1. The van der Waals surface area contributed by atoms with Crippen molar-refractivity contribution in [2.45, 2.75) is 13.0 Å². The number of benzene rings is 2. The number of nitrogens with one attached hydrogen (secondary N) is 1. The maximum atomic E-state index is 12.6. The van der Waals surface area contributed by atoms with E-state index in [2.05, 4.69) is 10.4 Å². The van der Waals surface area contributed by atoms with Gasteiger partial charge in [0.2, 0.25) is 5.91 Å². The molecule has 0 spiro atoms. The third-order valence-corrected chi connectivity index (χ3v) is 4.12. The van der Waals surface area contributed by atoms with Crippen molar-refractivity contribution in [3.05, 3.63) is 64.0 Å². The van der Waals surface area contributed by atoms with E-state index in [0.29, 0.717) is 21.8 Å². The molecule has 0 aliphatic heterocycles. The fourth-order valence-electron chi connectivity index (χ4n) is 2.51. The first-order valence-electron chi connectivity index (χ1n) is 7.62. The topological polar surface area (TPSA) is 73.2 Å². The number of methoxy groups -OCH3 is 1. The number of aromatic nitrogens is 2. The molecule has 0 fully saturated rings. The molecule has 3 rings (SSSR count). The Balaban J connectivity index is 1.92. The lowest BCUT2D eigenvalue weighted by molar-refractivity contribution is -0.119. The van der Waals surface area contributed by atoms with Crippen molar-refractivity contribution in [3.8, 4) is 5.75 Å². The van der Waals surface area contributed by atoms with Gasteiger partial charge >= 0.3 is 0 Å². The van der Waals surface area contributed by atoms with E-state index in [1.54, 1.807) is 49.5 Å². The first-order valence-corrected chi connectivity index (χ1v) is 8.00. The molecule has 6 nitrogen and oxygen atoms in total. The van der Waals surface area contributed by atoms with Crippen LogP contribution in [0.15, 0.2) is 53.5 Å². The van der Waals surface area contributed by atoms with E-state index in [9.17, 15) is 9.59 Å². The molecule has 25 heavy (non-hydrogen) atoms. The molecule has 0 aliphatic rings. The van der Waals surface area contributed by atoms with Crippen LogP contribution in [0.3, 0.4) is 0 Å². The number of carbonyl (C=O) groups is 1. The zero-order valence-corrected chi connectivity index (χ0v) is 14.4. The average Bonchev–Trinajstić information content (AvgIpc) is 2.62. The maximum absolute atomic E-state index is 12.6. The number of fused-ring (bicyclic) bond motifs is 1. The molecule has 1 N–H and O–H groups in total. The van der Waals surface area contributed by atoms with Crippen LogP contribution in [0.2, 0.25) is 5.02 Å². The average molecular weight is 358 g/mol. The summed E-state index contributed by atoms with van der Waals surface area (Å²) in [5.41, 5.74) is 0.111. The Labute approximate surface area is 149 Å². The highest BCUT2D eigenvalue weighted by atomic mass is 35.5. The standard InChI is InChI=1S/C18H16ClN3O3/c1-11(17(23)21-15-9-13(19)7-8-16(15)25-2)22-18(24)14-6-4-3-5-12(14)10-20-22/h3-11H,1-2H3,(H,21,23). The van der Waals surface area contributed by atoms with Crippen LogP contribution in [0.5, 0.6) is 5.75 Å². The van der Waals surface area contributed by atoms with E-state index in [4.69, 9.17) is 16.3 Å². The molecule has 7 heteroatoms. The molecule has 3 aromatic rings. The number of rotatable bonds is 4. The van der Waals surface area contributed by atoms with Gasteiger partial charge in [-0.05, 0) is 31.2 Å². The highest BCUT2D eigenvalue weighted by Gasteiger charge is 2.20. The summed E-state index contributed by atoms with van der Waals surface area (Å²) in [6.45, 7) is 1.61. The Bertz CT molecular complexity index is 1000. The maximum Gasteiger partial charge on any atom is 0.275 e. The molecular weight excluding hydrogens is 342 g/mol. The van der Waals surface area contributed by atoms with Crippen LogP contribution in [0.1, 0.15) is 13.0 Å². The van der Waals surface area contributed by atoms with Crippen LogP contribution in [-0.2, 0) is 4.79 Å². The quantitative estimate of drug-likeness (QED) is 0.777. The molecule has 128 valence electrons. The largest absolute Gasteiger partial charge is 0.495 e. The number of anilines is 1. The summed E-state index contributed by atoms with van der Waals surface area (Å²) < 4.78 is 6.37. The van der Waals surface area contributed by atoms with Gasteiger partial charge in [-0.25, -0.2) is 4.68 Å². The summed E-state index contributed by atoms with van der Waals surface area (Å²) >= 11 is 5.97. The molecule has 0 radical (unpaired) electrons. The Morgan fingerprint density at radius 3 is 2.80 bits per heavy atom. The van der Waals surface area contributed by atoms with Crippen molar-refractivity contribution in [3.63, 3.8) is 0 Å². The van der Waals surface area contributed by atoms with E-state index in [1.165, 1.54) is 7.11 Å². The van der Waals surface area contributed by atoms with Crippen LogP contribution in [0.4, 0.5) is 5.69 Å². The van der Waals surface area contributed by atoms with Crippen LogP contribution in [-0.4, -0.2) is 22.8 Å². The zero-order chi connectivity index (χ0) is 18.0. The number of amides is 1. The number of ether oxygens (including phenoxy) is 1. The molecule has 1 amide bonds. The predicted molar refractivity (Wildman–Crippen MR) is 97.3 cm³/mol. The van der Waals surface area contributed by atoms with E-state index in [1.807, 2.05) is 6.07 Å². The summed E-state index contributed by atoms with van der Waals surface area (Å²) in [4.78, 5) is 25.1. The van der Waals surface area contributed by atoms with Crippen molar-refractivity contribution in [1.82, 2.24) is 9.78 Å². The second-order valence-electron chi connectivity index (χ2n) is 5.49.